The van der Waals surface area contributed by atoms with Crippen LogP contribution in [0.25, 0.3) is 0 Å². The van der Waals surface area contributed by atoms with Gasteiger partial charge in [-0.15, -0.1) is 0 Å². The summed E-state index contributed by atoms with van der Waals surface area (Å²) >= 11 is 0. The first kappa shape index (κ1) is 11.0. The van der Waals surface area contributed by atoms with E-state index in [1.165, 1.54) is 12.8 Å². The molecule has 0 heterocycles. The molecule has 0 aliphatic heterocycles. The quantitative estimate of drug-likeness (QED) is 0.686. The Kier molecular flexibility index (Phi) is 3.03. The lowest BCUT2D eigenvalue weighted by molar-refractivity contribution is 0.0509. The molecule has 1 rings (SSSR count). The first-order valence-electron chi connectivity index (χ1n) is 5.35. The van der Waals surface area contributed by atoms with E-state index in [4.69, 9.17) is 0 Å². The zero-order valence-electron chi connectivity index (χ0n) is 9.35. The number of nitrogens with one attached hydrogen (secondary N) is 1. The SMILES string of the molecule is CCC(C)(O)CNC(C)C1(C)CC1. The maximum atomic E-state index is 9.80. The maximum Gasteiger partial charge on any atom is 0.0741 e. The van der Waals surface area contributed by atoms with Crippen molar-refractivity contribution in [2.75, 3.05) is 6.54 Å². The summed E-state index contributed by atoms with van der Waals surface area (Å²) in [6.07, 6.45) is 3.47. The number of rotatable bonds is 5. The van der Waals surface area contributed by atoms with Gasteiger partial charge in [0, 0.05) is 12.6 Å². The molecule has 0 radical (unpaired) electrons. The van der Waals surface area contributed by atoms with Crippen molar-refractivity contribution in [3.63, 3.8) is 0 Å². The molecule has 2 nitrogen and oxygen atoms in total. The van der Waals surface area contributed by atoms with Gasteiger partial charge in [0.1, 0.15) is 0 Å². The van der Waals surface area contributed by atoms with Gasteiger partial charge >= 0.3 is 0 Å². The normalized spacial score (nSPS) is 26.5. The Hall–Kier alpha value is -0.0800. The highest BCUT2D eigenvalue weighted by atomic mass is 16.3. The van der Waals surface area contributed by atoms with Gasteiger partial charge in [-0.05, 0) is 38.5 Å². The third-order valence-corrected chi connectivity index (χ3v) is 3.63. The van der Waals surface area contributed by atoms with E-state index in [0.29, 0.717) is 18.0 Å². The molecule has 78 valence electrons. The van der Waals surface area contributed by atoms with E-state index in [-0.39, 0.29) is 0 Å². The van der Waals surface area contributed by atoms with Crippen LogP contribution in [0.1, 0.15) is 47.0 Å². The molecular weight excluding hydrogens is 162 g/mol. The van der Waals surface area contributed by atoms with Crippen LogP contribution in [0.2, 0.25) is 0 Å². The summed E-state index contributed by atoms with van der Waals surface area (Å²) in [5, 5.41) is 13.2. The molecule has 1 saturated carbocycles. The molecule has 0 aromatic rings. The maximum absolute atomic E-state index is 9.80. The summed E-state index contributed by atoms with van der Waals surface area (Å²) in [7, 11) is 0. The second-order valence-corrected chi connectivity index (χ2v) is 5.11. The molecule has 0 saturated heterocycles. The summed E-state index contributed by atoms with van der Waals surface area (Å²) < 4.78 is 0. The summed E-state index contributed by atoms with van der Waals surface area (Å²) in [6.45, 7) is 9.15. The Morgan fingerprint density at radius 2 is 2.08 bits per heavy atom. The van der Waals surface area contributed by atoms with Crippen LogP contribution in [0, 0.1) is 5.41 Å². The fraction of sp³-hybridized carbons (Fsp3) is 1.00. The van der Waals surface area contributed by atoms with E-state index in [1.54, 1.807) is 0 Å². The van der Waals surface area contributed by atoms with Crippen molar-refractivity contribution in [1.29, 1.82) is 0 Å². The predicted molar refractivity (Wildman–Crippen MR) is 55.7 cm³/mol. The molecular formula is C11H23NO. The third-order valence-electron chi connectivity index (χ3n) is 3.63. The van der Waals surface area contributed by atoms with Crippen LogP contribution in [0.3, 0.4) is 0 Å². The number of aliphatic hydroxyl groups is 1. The molecule has 2 N–H and O–H groups in total. The van der Waals surface area contributed by atoms with Gasteiger partial charge in [-0.3, -0.25) is 0 Å². The minimum Gasteiger partial charge on any atom is -0.389 e. The van der Waals surface area contributed by atoms with Gasteiger partial charge in [0.05, 0.1) is 5.60 Å². The molecule has 2 unspecified atom stereocenters. The van der Waals surface area contributed by atoms with Gasteiger partial charge in [0.15, 0.2) is 0 Å². The smallest absolute Gasteiger partial charge is 0.0741 e. The Bertz CT molecular complexity index is 173. The van der Waals surface area contributed by atoms with Crippen molar-refractivity contribution in [2.45, 2.75) is 58.6 Å². The van der Waals surface area contributed by atoms with E-state index >= 15 is 0 Å². The average Bonchev–Trinajstić information content (AvgIpc) is 2.81. The van der Waals surface area contributed by atoms with Crippen molar-refractivity contribution >= 4 is 0 Å². The zero-order chi connectivity index (χ0) is 10.1. The minimum absolute atomic E-state index is 0.504. The van der Waals surface area contributed by atoms with E-state index in [9.17, 15) is 5.11 Å². The molecule has 1 fully saturated rings. The van der Waals surface area contributed by atoms with Crippen molar-refractivity contribution in [1.82, 2.24) is 5.32 Å². The van der Waals surface area contributed by atoms with Crippen LogP contribution in [-0.4, -0.2) is 23.3 Å². The van der Waals surface area contributed by atoms with Crippen molar-refractivity contribution in [3.8, 4) is 0 Å². The van der Waals surface area contributed by atoms with Gasteiger partial charge in [-0.25, -0.2) is 0 Å². The molecule has 1 aliphatic carbocycles. The van der Waals surface area contributed by atoms with Crippen LogP contribution in [0.4, 0.5) is 0 Å². The first-order valence-corrected chi connectivity index (χ1v) is 5.35. The lowest BCUT2D eigenvalue weighted by atomic mass is 9.98. The largest absolute Gasteiger partial charge is 0.389 e. The molecule has 0 spiro atoms. The second kappa shape index (κ2) is 3.58. The molecule has 13 heavy (non-hydrogen) atoms. The minimum atomic E-state index is -0.542. The predicted octanol–water partition coefficient (Wildman–Crippen LogP) is 1.93. The fourth-order valence-corrected chi connectivity index (χ4v) is 1.37. The monoisotopic (exact) mass is 185 g/mol. The van der Waals surface area contributed by atoms with Crippen LogP contribution >= 0.6 is 0 Å². The molecule has 0 aromatic carbocycles. The van der Waals surface area contributed by atoms with Crippen molar-refractivity contribution in [3.05, 3.63) is 0 Å². The fourth-order valence-electron chi connectivity index (χ4n) is 1.37. The second-order valence-electron chi connectivity index (χ2n) is 5.11. The lowest BCUT2D eigenvalue weighted by Gasteiger charge is -2.27. The first-order chi connectivity index (χ1) is 5.90. The number of hydrogen-bond donors (Lipinski definition) is 2. The molecule has 0 amide bonds. The average molecular weight is 185 g/mol. The molecule has 0 bridgehead atoms. The topological polar surface area (TPSA) is 32.3 Å². The van der Waals surface area contributed by atoms with Gasteiger partial charge in [-0.2, -0.15) is 0 Å². The Labute approximate surface area is 81.7 Å². The van der Waals surface area contributed by atoms with Crippen LogP contribution in [0.15, 0.2) is 0 Å². The highest BCUT2D eigenvalue weighted by Gasteiger charge is 2.42. The van der Waals surface area contributed by atoms with Gasteiger partial charge in [0.2, 0.25) is 0 Å². The molecule has 2 atom stereocenters. The molecule has 0 aromatic heterocycles. The zero-order valence-corrected chi connectivity index (χ0v) is 9.35. The summed E-state index contributed by atoms with van der Waals surface area (Å²) in [5.74, 6) is 0. The van der Waals surface area contributed by atoms with Crippen LogP contribution in [0.5, 0.6) is 0 Å². The third kappa shape index (κ3) is 2.96. The Balaban J connectivity index is 2.26. The van der Waals surface area contributed by atoms with E-state index < -0.39 is 5.60 Å². The van der Waals surface area contributed by atoms with Crippen LogP contribution in [-0.2, 0) is 0 Å². The molecule has 1 aliphatic rings. The van der Waals surface area contributed by atoms with Crippen LogP contribution < -0.4 is 5.32 Å². The highest BCUT2D eigenvalue weighted by Crippen LogP contribution is 2.47. The Morgan fingerprint density at radius 3 is 2.46 bits per heavy atom. The summed E-state index contributed by atoms with van der Waals surface area (Å²) in [6, 6.07) is 0.533. The Morgan fingerprint density at radius 1 is 1.54 bits per heavy atom. The molecule has 2 heteroatoms. The van der Waals surface area contributed by atoms with Crippen molar-refractivity contribution < 1.29 is 5.11 Å². The summed E-state index contributed by atoms with van der Waals surface area (Å²) in [5.41, 5.74) is -0.0384. The summed E-state index contributed by atoms with van der Waals surface area (Å²) in [4.78, 5) is 0. The van der Waals surface area contributed by atoms with Crippen molar-refractivity contribution in [2.24, 2.45) is 5.41 Å². The van der Waals surface area contributed by atoms with Gasteiger partial charge < -0.3 is 10.4 Å². The standard InChI is InChI=1S/C11H23NO/c1-5-11(4,13)8-12-9(2)10(3)6-7-10/h9,12-13H,5-8H2,1-4H3. The van der Waals surface area contributed by atoms with E-state index in [1.807, 2.05) is 13.8 Å². The van der Waals surface area contributed by atoms with Gasteiger partial charge in [0.25, 0.3) is 0 Å². The van der Waals surface area contributed by atoms with E-state index in [0.717, 1.165) is 6.42 Å². The highest BCUT2D eigenvalue weighted by molar-refractivity contribution is 4.97. The lowest BCUT2D eigenvalue weighted by Crippen LogP contribution is -2.43. The van der Waals surface area contributed by atoms with Gasteiger partial charge in [-0.1, -0.05) is 13.8 Å². The van der Waals surface area contributed by atoms with E-state index in [2.05, 4.69) is 19.2 Å². The number of hydrogen-bond acceptors (Lipinski definition) is 2.